The van der Waals surface area contributed by atoms with E-state index in [1.165, 1.54) is 19.4 Å². The molecule has 17 heavy (non-hydrogen) atoms. The minimum absolute atomic E-state index is 0.531. The van der Waals surface area contributed by atoms with Crippen LogP contribution in [0, 0.1) is 5.92 Å². The van der Waals surface area contributed by atoms with Gasteiger partial charge >= 0.3 is 0 Å². The maximum Gasteiger partial charge on any atom is 0.0604 e. The van der Waals surface area contributed by atoms with Crippen LogP contribution in [-0.4, -0.2) is 48.8 Å². The summed E-state index contributed by atoms with van der Waals surface area (Å²) in [5.41, 5.74) is 0. The molecule has 100 valence electrons. The number of hydrogen-bond donors (Lipinski definition) is 1. The van der Waals surface area contributed by atoms with Gasteiger partial charge in [-0.2, -0.15) is 0 Å². The zero-order chi connectivity index (χ0) is 12.4. The van der Waals surface area contributed by atoms with Crippen LogP contribution in [-0.2, 0) is 4.74 Å². The van der Waals surface area contributed by atoms with Crippen LogP contribution >= 0.6 is 0 Å². The number of rotatable bonds is 4. The van der Waals surface area contributed by atoms with E-state index in [0.717, 1.165) is 25.1 Å². The molecule has 2 fully saturated rings. The van der Waals surface area contributed by atoms with E-state index in [0.29, 0.717) is 18.2 Å². The van der Waals surface area contributed by atoms with Gasteiger partial charge in [-0.25, -0.2) is 0 Å². The third-order valence-electron chi connectivity index (χ3n) is 4.30. The molecule has 1 saturated carbocycles. The molecule has 0 radical (unpaired) electrons. The number of ether oxygens (including phenoxy) is 1. The third-order valence-corrected chi connectivity index (χ3v) is 4.30. The van der Waals surface area contributed by atoms with Gasteiger partial charge in [-0.15, -0.1) is 0 Å². The van der Waals surface area contributed by atoms with Crippen molar-refractivity contribution >= 4 is 0 Å². The average molecular weight is 240 g/mol. The van der Waals surface area contributed by atoms with Crippen molar-refractivity contribution in [3.8, 4) is 0 Å². The predicted octanol–water partition coefficient (Wildman–Crippen LogP) is 1.87. The van der Waals surface area contributed by atoms with Crippen molar-refractivity contribution in [2.75, 3.05) is 19.7 Å². The first-order valence-corrected chi connectivity index (χ1v) is 7.22. The maximum absolute atomic E-state index is 5.68. The molecule has 0 spiro atoms. The minimum Gasteiger partial charge on any atom is -0.378 e. The molecule has 2 unspecified atom stereocenters. The second kappa shape index (κ2) is 5.68. The van der Waals surface area contributed by atoms with Crippen LogP contribution in [0.3, 0.4) is 0 Å². The highest BCUT2D eigenvalue weighted by molar-refractivity contribution is 4.96. The topological polar surface area (TPSA) is 24.5 Å². The first-order chi connectivity index (χ1) is 8.11. The smallest absolute Gasteiger partial charge is 0.0604 e. The Bertz CT molecular complexity index is 238. The second-order valence-corrected chi connectivity index (χ2v) is 6.02. The summed E-state index contributed by atoms with van der Waals surface area (Å²) in [6, 6.07) is 2.11. The van der Waals surface area contributed by atoms with Crippen LogP contribution in [0.1, 0.15) is 40.5 Å². The van der Waals surface area contributed by atoms with Gasteiger partial charge in [0.15, 0.2) is 0 Å². The van der Waals surface area contributed by atoms with Gasteiger partial charge in [-0.1, -0.05) is 13.8 Å². The van der Waals surface area contributed by atoms with E-state index in [1.54, 1.807) is 0 Å². The molecule has 1 aliphatic carbocycles. The third kappa shape index (κ3) is 3.01. The molecule has 2 rings (SSSR count). The monoisotopic (exact) mass is 240 g/mol. The molecule has 0 bridgehead atoms. The summed E-state index contributed by atoms with van der Waals surface area (Å²) in [6.07, 6.45) is 3.01. The Labute approximate surface area is 106 Å². The van der Waals surface area contributed by atoms with Crippen molar-refractivity contribution in [2.24, 2.45) is 5.92 Å². The fourth-order valence-corrected chi connectivity index (χ4v) is 3.17. The van der Waals surface area contributed by atoms with Gasteiger partial charge in [0.25, 0.3) is 0 Å². The van der Waals surface area contributed by atoms with Gasteiger partial charge in [0, 0.05) is 37.8 Å². The van der Waals surface area contributed by atoms with Crippen molar-refractivity contribution in [3.05, 3.63) is 0 Å². The highest BCUT2D eigenvalue weighted by Crippen LogP contribution is 2.32. The lowest BCUT2D eigenvalue weighted by Crippen LogP contribution is -2.63. The summed E-state index contributed by atoms with van der Waals surface area (Å²) < 4.78 is 5.68. The molecule has 3 heteroatoms. The van der Waals surface area contributed by atoms with Crippen molar-refractivity contribution in [1.29, 1.82) is 0 Å². The minimum atomic E-state index is 0.531. The summed E-state index contributed by atoms with van der Waals surface area (Å²) in [7, 11) is 0. The van der Waals surface area contributed by atoms with Crippen LogP contribution in [0.2, 0.25) is 0 Å². The summed E-state index contributed by atoms with van der Waals surface area (Å²) in [5.74, 6) is 0.737. The largest absolute Gasteiger partial charge is 0.378 e. The fraction of sp³-hybridized carbons (Fsp3) is 1.00. The molecule has 0 aromatic rings. The van der Waals surface area contributed by atoms with E-state index >= 15 is 0 Å². The molecular formula is C14H28N2O. The maximum atomic E-state index is 5.68. The lowest BCUT2D eigenvalue weighted by atomic mass is 9.84. The van der Waals surface area contributed by atoms with Crippen LogP contribution in [0.25, 0.3) is 0 Å². The Morgan fingerprint density at radius 1 is 1.35 bits per heavy atom. The number of nitrogens with zero attached hydrogens (tertiary/aromatic N) is 1. The van der Waals surface area contributed by atoms with Crippen LogP contribution in [0.4, 0.5) is 0 Å². The van der Waals surface area contributed by atoms with Gasteiger partial charge in [-0.05, 0) is 32.6 Å². The highest BCUT2D eigenvalue weighted by Gasteiger charge is 2.40. The quantitative estimate of drug-likeness (QED) is 0.812. The van der Waals surface area contributed by atoms with Crippen LogP contribution < -0.4 is 5.32 Å². The van der Waals surface area contributed by atoms with Crippen LogP contribution in [0.5, 0.6) is 0 Å². The van der Waals surface area contributed by atoms with E-state index in [2.05, 4.69) is 37.9 Å². The van der Waals surface area contributed by atoms with Gasteiger partial charge in [-0.3, -0.25) is 4.90 Å². The molecule has 3 nitrogen and oxygen atoms in total. The number of hydrogen-bond acceptors (Lipinski definition) is 3. The second-order valence-electron chi connectivity index (χ2n) is 6.02. The van der Waals surface area contributed by atoms with Crippen molar-refractivity contribution in [1.82, 2.24) is 10.2 Å². The van der Waals surface area contributed by atoms with E-state index in [-0.39, 0.29) is 0 Å². The zero-order valence-electron chi connectivity index (χ0n) is 11.8. The molecule has 1 saturated heterocycles. The molecule has 0 aromatic carbocycles. The van der Waals surface area contributed by atoms with Crippen molar-refractivity contribution in [3.63, 3.8) is 0 Å². The average Bonchev–Trinajstić information content (AvgIpc) is 2.22. The fourth-order valence-electron chi connectivity index (χ4n) is 3.17. The van der Waals surface area contributed by atoms with E-state index in [9.17, 15) is 0 Å². The SMILES string of the molecule is CCOC1CC(N2CC(C)NCC2C(C)C)C1. The van der Waals surface area contributed by atoms with Crippen LogP contribution in [0.15, 0.2) is 0 Å². The summed E-state index contributed by atoms with van der Waals surface area (Å²) in [5, 5.41) is 3.61. The van der Waals surface area contributed by atoms with Gasteiger partial charge in [0.1, 0.15) is 0 Å². The Morgan fingerprint density at radius 3 is 2.65 bits per heavy atom. The van der Waals surface area contributed by atoms with E-state index in [1.807, 2.05) is 0 Å². The normalized spacial score (nSPS) is 39.4. The van der Waals surface area contributed by atoms with Crippen molar-refractivity contribution < 1.29 is 4.74 Å². The molecule has 0 aromatic heterocycles. The Hall–Kier alpha value is -0.120. The van der Waals surface area contributed by atoms with E-state index in [4.69, 9.17) is 4.74 Å². The molecule has 1 aliphatic heterocycles. The summed E-state index contributed by atoms with van der Waals surface area (Å²) in [4.78, 5) is 2.74. The summed E-state index contributed by atoms with van der Waals surface area (Å²) >= 11 is 0. The first kappa shape index (κ1) is 13.3. The van der Waals surface area contributed by atoms with E-state index < -0.39 is 0 Å². The van der Waals surface area contributed by atoms with Crippen molar-refractivity contribution in [2.45, 2.75) is 64.8 Å². The Balaban J connectivity index is 1.88. The zero-order valence-corrected chi connectivity index (χ0v) is 11.8. The van der Waals surface area contributed by atoms with Gasteiger partial charge in [0.2, 0.25) is 0 Å². The predicted molar refractivity (Wildman–Crippen MR) is 71.2 cm³/mol. The molecular weight excluding hydrogens is 212 g/mol. The lowest BCUT2D eigenvalue weighted by molar-refractivity contribution is -0.0717. The molecule has 1 heterocycles. The Morgan fingerprint density at radius 2 is 2.06 bits per heavy atom. The molecule has 1 N–H and O–H groups in total. The lowest BCUT2D eigenvalue weighted by Gasteiger charge is -2.51. The highest BCUT2D eigenvalue weighted by atomic mass is 16.5. The molecule has 2 aliphatic rings. The van der Waals surface area contributed by atoms with Gasteiger partial charge in [0.05, 0.1) is 6.10 Å². The van der Waals surface area contributed by atoms with Gasteiger partial charge < -0.3 is 10.1 Å². The molecule has 2 atom stereocenters. The number of piperazine rings is 1. The summed E-state index contributed by atoms with van der Waals surface area (Å²) in [6.45, 7) is 12.3. The Kier molecular flexibility index (Phi) is 4.45. The standard InChI is InChI=1S/C14H28N2O/c1-5-17-13-6-12(7-13)16-9-11(4)15-8-14(16)10(2)3/h10-15H,5-9H2,1-4H3. The first-order valence-electron chi connectivity index (χ1n) is 7.22. The number of nitrogens with one attached hydrogen (secondary N) is 1. The molecule has 0 amide bonds.